The van der Waals surface area contributed by atoms with E-state index in [0.29, 0.717) is 5.56 Å². The Kier molecular flexibility index (Phi) is 4.35. The molecular weight excluding hydrogens is 339 g/mol. The van der Waals surface area contributed by atoms with Crippen molar-refractivity contribution in [3.63, 3.8) is 0 Å². The molecule has 0 spiro atoms. The first-order valence-electron chi connectivity index (χ1n) is 7.13. The van der Waals surface area contributed by atoms with Crippen LogP contribution in [0.1, 0.15) is 15.9 Å². The molecule has 0 atom stereocenters. The maximum atomic E-state index is 13.8. The van der Waals surface area contributed by atoms with Crippen LogP contribution in [0.25, 0.3) is 11.1 Å². The second-order valence-electron chi connectivity index (χ2n) is 5.22. The molecule has 6 heteroatoms. The molecule has 0 fully saturated rings. The van der Waals surface area contributed by atoms with Crippen LogP contribution >= 0.6 is 0 Å². The first-order valence-corrected chi connectivity index (χ1v) is 7.13. The molecule has 3 aromatic rings. The summed E-state index contributed by atoms with van der Waals surface area (Å²) in [6.07, 6.45) is 0. The third kappa shape index (κ3) is 2.91. The summed E-state index contributed by atoms with van der Waals surface area (Å²) in [6.45, 7) is 0. The normalized spacial score (nSPS) is 10.8. The number of ketones is 1. The van der Waals surface area contributed by atoms with Gasteiger partial charge in [0, 0.05) is 11.1 Å². The Balaban J connectivity index is 2.04. The fourth-order valence-corrected chi connectivity index (χ4v) is 2.40. The molecule has 0 aliphatic heterocycles. The molecule has 126 valence electrons. The van der Waals surface area contributed by atoms with Crippen LogP contribution in [0.15, 0.2) is 54.6 Å². The zero-order valence-corrected chi connectivity index (χ0v) is 12.5. The topological polar surface area (TPSA) is 17.1 Å². The number of carbonyl (C=O) groups is 1. The zero-order chi connectivity index (χ0) is 18.1. The molecular formula is C19H9F5O. The van der Waals surface area contributed by atoms with Gasteiger partial charge in [0.2, 0.25) is 5.82 Å². The quantitative estimate of drug-likeness (QED) is 0.272. The van der Waals surface area contributed by atoms with Gasteiger partial charge in [-0.25, -0.2) is 22.0 Å². The minimum absolute atomic E-state index is 0.221. The Bertz CT molecular complexity index is 921. The largest absolute Gasteiger partial charge is 0.289 e. The average Bonchev–Trinajstić information content (AvgIpc) is 2.65. The first-order chi connectivity index (χ1) is 11.9. The highest BCUT2D eigenvalue weighted by Crippen LogP contribution is 2.31. The van der Waals surface area contributed by atoms with Crippen molar-refractivity contribution >= 4 is 5.78 Å². The van der Waals surface area contributed by atoms with E-state index in [1.54, 1.807) is 30.3 Å². The van der Waals surface area contributed by atoms with Crippen LogP contribution < -0.4 is 0 Å². The summed E-state index contributed by atoms with van der Waals surface area (Å²) in [5, 5.41) is 0. The molecule has 0 radical (unpaired) electrons. The molecule has 0 aliphatic carbocycles. The van der Waals surface area contributed by atoms with Gasteiger partial charge in [-0.15, -0.1) is 0 Å². The van der Waals surface area contributed by atoms with Gasteiger partial charge in [0.05, 0.1) is 5.56 Å². The number of rotatable bonds is 3. The molecule has 3 rings (SSSR count). The molecule has 1 nitrogen and oxygen atoms in total. The van der Waals surface area contributed by atoms with Crippen LogP contribution in [-0.4, -0.2) is 5.78 Å². The summed E-state index contributed by atoms with van der Waals surface area (Å²) in [5.41, 5.74) is -0.627. The smallest absolute Gasteiger partial charge is 0.200 e. The predicted octanol–water partition coefficient (Wildman–Crippen LogP) is 5.28. The van der Waals surface area contributed by atoms with Crippen molar-refractivity contribution < 1.29 is 26.7 Å². The standard InChI is InChI=1S/C19H9F5O/c20-14-13(15(21)17(23)18(24)16(14)22)10-6-8-12(9-7-10)19(25)11-4-2-1-3-5-11/h1-9H. The zero-order valence-electron chi connectivity index (χ0n) is 12.5. The third-order valence-electron chi connectivity index (χ3n) is 3.68. The fourth-order valence-electron chi connectivity index (χ4n) is 2.40. The average molecular weight is 348 g/mol. The van der Waals surface area contributed by atoms with E-state index in [2.05, 4.69) is 0 Å². The third-order valence-corrected chi connectivity index (χ3v) is 3.68. The molecule has 0 unspecified atom stereocenters. The lowest BCUT2D eigenvalue weighted by Crippen LogP contribution is -2.04. The van der Waals surface area contributed by atoms with Crippen molar-refractivity contribution in [1.29, 1.82) is 0 Å². The van der Waals surface area contributed by atoms with Gasteiger partial charge >= 0.3 is 0 Å². The second kappa shape index (κ2) is 6.47. The molecule has 3 aromatic carbocycles. The van der Waals surface area contributed by atoms with Gasteiger partial charge in [0.1, 0.15) is 0 Å². The van der Waals surface area contributed by atoms with Crippen molar-refractivity contribution in [3.8, 4) is 11.1 Å². The number of hydrogen-bond acceptors (Lipinski definition) is 1. The molecule has 0 bridgehead atoms. The molecule has 25 heavy (non-hydrogen) atoms. The minimum Gasteiger partial charge on any atom is -0.289 e. The summed E-state index contributed by atoms with van der Waals surface area (Å²) in [5.74, 6) is -10.4. The van der Waals surface area contributed by atoms with E-state index in [0.717, 1.165) is 12.1 Å². The van der Waals surface area contributed by atoms with Crippen molar-refractivity contribution in [1.82, 2.24) is 0 Å². The Morgan fingerprint density at radius 1 is 0.560 bits per heavy atom. The summed E-state index contributed by atoms with van der Waals surface area (Å²) in [4.78, 5) is 12.3. The van der Waals surface area contributed by atoms with E-state index in [4.69, 9.17) is 0 Å². The van der Waals surface area contributed by atoms with E-state index >= 15 is 0 Å². The van der Waals surface area contributed by atoms with Crippen molar-refractivity contribution in [3.05, 3.63) is 94.8 Å². The van der Waals surface area contributed by atoms with Gasteiger partial charge < -0.3 is 0 Å². The van der Waals surface area contributed by atoms with Gasteiger partial charge in [-0.1, -0.05) is 54.6 Å². The summed E-state index contributed by atoms with van der Waals surface area (Å²) < 4.78 is 67.4. The van der Waals surface area contributed by atoms with E-state index in [9.17, 15) is 26.7 Å². The highest BCUT2D eigenvalue weighted by atomic mass is 19.2. The molecule has 0 saturated carbocycles. The Morgan fingerprint density at radius 2 is 1.00 bits per heavy atom. The number of hydrogen-bond donors (Lipinski definition) is 0. The van der Waals surface area contributed by atoms with E-state index in [1.807, 2.05) is 0 Å². The van der Waals surface area contributed by atoms with Crippen molar-refractivity contribution in [2.75, 3.05) is 0 Å². The van der Waals surface area contributed by atoms with Crippen molar-refractivity contribution in [2.45, 2.75) is 0 Å². The van der Waals surface area contributed by atoms with E-state index < -0.39 is 34.6 Å². The summed E-state index contributed by atoms with van der Waals surface area (Å²) in [6, 6.07) is 13.1. The maximum Gasteiger partial charge on any atom is 0.200 e. The van der Waals surface area contributed by atoms with Crippen LogP contribution in [0.2, 0.25) is 0 Å². The lowest BCUT2D eigenvalue weighted by Gasteiger charge is -2.09. The highest BCUT2D eigenvalue weighted by molar-refractivity contribution is 6.09. The lowest BCUT2D eigenvalue weighted by atomic mass is 9.98. The number of halogens is 5. The van der Waals surface area contributed by atoms with Gasteiger partial charge in [-0.3, -0.25) is 4.79 Å². The second-order valence-corrected chi connectivity index (χ2v) is 5.22. The van der Waals surface area contributed by atoms with Crippen molar-refractivity contribution in [2.24, 2.45) is 0 Å². The molecule has 0 saturated heterocycles. The van der Waals surface area contributed by atoms with Crippen LogP contribution in [0, 0.1) is 29.1 Å². The van der Waals surface area contributed by atoms with E-state index in [-0.39, 0.29) is 16.9 Å². The SMILES string of the molecule is O=C(c1ccccc1)c1ccc(-c2c(F)c(F)c(F)c(F)c2F)cc1. The van der Waals surface area contributed by atoms with Gasteiger partial charge in [0.15, 0.2) is 29.1 Å². The van der Waals surface area contributed by atoms with E-state index in [1.165, 1.54) is 12.1 Å². The molecule has 0 amide bonds. The monoisotopic (exact) mass is 348 g/mol. The summed E-state index contributed by atoms with van der Waals surface area (Å²) >= 11 is 0. The van der Waals surface area contributed by atoms with Gasteiger partial charge in [-0.2, -0.15) is 0 Å². The first kappa shape index (κ1) is 16.8. The van der Waals surface area contributed by atoms with Crippen LogP contribution in [0.4, 0.5) is 22.0 Å². The Labute approximate surface area is 139 Å². The highest BCUT2D eigenvalue weighted by Gasteiger charge is 2.26. The van der Waals surface area contributed by atoms with Gasteiger partial charge in [-0.05, 0) is 5.56 Å². The molecule has 0 N–H and O–H groups in total. The predicted molar refractivity (Wildman–Crippen MR) is 81.5 cm³/mol. The van der Waals surface area contributed by atoms with Gasteiger partial charge in [0.25, 0.3) is 0 Å². The Morgan fingerprint density at radius 3 is 1.52 bits per heavy atom. The maximum absolute atomic E-state index is 13.8. The number of benzene rings is 3. The Hall–Kier alpha value is -3.02. The fraction of sp³-hybridized carbons (Fsp3) is 0. The molecule has 0 heterocycles. The molecule has 0 aliphatic rings. The van der Waals surface area contributed by atoms with Crippen LogP contribution in [0.5, 0.6) is 0 Å². The van der Waals surface area contributed by atoms with Crippen LogP contribution in [0.3, 0.4) is 0 Å². The lowest BCUT2D eigenvalue weighted by molar-refractivity contribution is 0.103. The number of carbonyl (C=O) groups excluding carboxylic acids is 1. The van der Waals surface area contributed by atoms with Crippen LogP contribution in [-0.2, 0) is 0 Å². The molecule has 0 aromatic heterocycles. The summed E-state index contributed by atoms with van der Waals surface area (Å²) in [7, 11) is 0. The minimum atomic E-state index is -2.21.